The zero-order valence-electron chi connectivity index (χ0n) is 12.7. The Morgan fingerprint density at radius 3 is 2.58 bits per heavy atom. The summed E-state index contributed by atoms with van der Waals surface area (Å²) in [5, 5.41) is 3.47. The number of benzene rings is 1. The molecule has 1 rings (SSSR count). The molecule has 1 aromatic rings. The van der Waals surface area contributed by atoms with Crippen LogP contribution in [0.25, 0.3) is 0 Å². The molecular weight excluding hydrogens is 236 g/mol. The molecule has 0 aromatic heterocycles. The summed E-state index contributed by atoms with van der Waals surface area (Å²) >= 11 is 0. The molecule has 108 valence electrons. The van der Waals surface area contributed by atoms with Gasteiger partial charge in [-0.05, 0) is 43.0 Å². The van der Waals surface area contributed by atoms with E-state index in [1.165, 1.54) is 11.1 Å². The van der Waals surface area contributed by atoms with Crippen LogP contribution in [-0.2, 0) is 6.54 Å². The van der Waals surface area contributed by atoms with Gasteiger partial charge in [0.2, 0.25) is 0 Å². The Balaban J connectivity index is 2.57. The zero-order chi connectivity index (χ0) is 14.3. The fourth-order valence-electron chi connectivity index (χ4n) is 1.99. The van der Waals surface area contributed by atoms with Crippen molar-refractivity contribution in [2.45, 2.75) is 39.7 Å². The van der Waals surface area contributed by atoms with E-state index in [4.69, 9.17) is 10.5 Å². The summed E-state index contributed by atoms with van der Waals surface area (Å²) in [4.78, 5) is 0. The van der Waals surface area contributed by atoms with E-state index >= 15 is 0 Å². The minimum atomic E-state index is 0.543. The molecule has 0 aliphatic carbocycles. The molecule has 0 aliphatic rings. The van der Waals surface area contributed by atoms with Crippen molar-refractivity contribution < 1.29 is 4.74 Å². The number of rotatable bonds is 8. The fraction of sp³-hybridized carbons (Fsp3) is 0.625. The number of hydrogen-bond donors (Lipinski definition) is 2. The molecule has 19 heavy (non-hydrogen) atoms. The van der Waals surface area contributed by atoms with Crippen molar-refractivity contribution in [3.05, 3.63) is 29.3 Å². The summed E-state index contributed by atoms with van der Waals surface area (Å²) in [6.07, 6.45) is 1.11. The molecule has 0 amide bonds. The molecule has 1 atom stereocenters. The lowest BCUT2D eigenvalue weighted by Gasteiger charge is -2.14. The molecule has 1 unspecified atom stereocenters. The maximum Gasteiger partial charge on any atom is 0.123 e. The predicted molar refractivity (Wildman–Crippen MR) is 81.6 cm³/mol. The maximum absolute atomic E-state index is 5.62. The molecule has 3 heteroatoms. The monoisotopic (exact) mass is 264 g/mol. The first kappa shape index (κ1) is 16.0. The standard InChI is InChI=1S/C16H28N2O/c1-12(2)14-5-6-16(19-4)15(9-14)11-18-8-7-13(3)10-17/h5-6,9,12-13,18H,7-8,10-11,17H2,1-4H3. The second-order valence-corrected chi connectivity index (χ2v) is 5.53. The highest BCUT2D eigenvalue weighted by Crippen LogP contribution is 2.24. The van der Waals surface area contributed by atoms with Crippen LogP contribution in [0.5, 0.6) is 5.75 Å². The molecule has 0 saturated heterocycles. The molecule has 0 spiro atoms. The van der Waals surface area contributed by atoms with Gasteiger partial charge in [-0.3, -0.25) is 0 Å². The third-order valence-corrected chi connectivity index (χ3v) is 3.50. The number of nitrogens with two attached hydrogens (primary N) is 1. The van der Waals surface area contributed by atoms with Gasteiger partial charge in [0, 0.05) is 12.1 Å². The number of hydrogen-bond acceptors (Lipinski definition) is 3. The Labute approximate surface area is 117 Å². The van der Waals surface area contributed by atoms with E-state index in [0.717, 1.165) is 31.8 Å². The SMILES string of the molecule is COc1ccc(C(C)C)cc1CNCCC(C)CN. The molecule has 0 fully saturated rings. The first-order valence-corrected chi connectivity index (χ1v) is 7.16. The van der Waals surface area contributed by atoms with Gasteiger partial charge in [0.05, 0.1) is 7.11 Å². The molecular formula is C16H28N2O. The van der Waals surface area contributed by atoms with Crippen LogP contribution in [0.2, 0.25) is 0 Å². The number of ether oxygens (including phenoxy) is 1. The lowest BCUT2D eigenvalue weighted by Crippen LogP contribution is -2.20. The van der Waals surface area contributed by atoms with Crippen LogP contribution in [0.15, 0.2) is 18.2 Å². The van der Waals surface area contributed by atoms with E-state index in [0.29, 0.717) is 11.8 Å². The van der Waals surface area contributed by atoms with Gasteiger partial charge in [0.15, 0.2) is 0 Å². The van der Waals surface area contributed by atoms with Gasteiger partial charge >= 0.3 is 0 Å². The molecule has 0 bridgehead atoms. The Kier molecular flexibility index (Phi) is 6.89. The van der Waals surface area contributed by atoms with E-state index in [1.807, 2.05) is 0 Å². The van der Waals surface area contributed by atoms with Gasteiger partial charge in [-0.1, -0.05) is 32.9 Å². The van der Waals surface area contributed by atoms with Crippen LogP contribution in [0.1, 0.15) is 44.2 Å². The Morgan fingerprint density at radius 2 is 2.00 bits per heavy atom. The lowest BCUT2D eigenvalue weighted by atomic mass is 10.00. The van der Waals surface area contributed by atoms with Crippen molar-refractivity contribution in [2.75, 3.05) is 20.2 Å². The van der Waals surface area contributed by atoms with Gasteiger partial charge in [-0.25, -0.2) is 0 Å². The Morgan fingerprint density at radius 1 is 1.26 bits per heavy atom. The van der Waals surface area contributed by atoms with Gasteiger partial charge in [0.25, 0.3) is 0 Å². The van der Waals surface area contributed by atoms with Crippen molar-refractivity contribution in [3.63, 3.8) is 0 Å². The predicted octanol–water partition coefficient (Wildman–Crippen LogP) is 2.89. The van der Waals surface area contributed by atoms with Crippen LogP contribution >= 0.6 is 0 Å². The van der Waals surface area contributed by atoms with E-state index in [-0.39, 0.29) is 0 Å². The second-order valence-electron chi connectivity index (χ2n) is 5.53. The first-order valence-electron chi connectivity index (χ1n) is 7.16. The van der Waals surface area contributed by atoms with Crippen molar-refractivity contribution in [1.29, 1.82) is 0 Å². The summed E-state index contributed by atoms with van der Waals surface area (Å²) in [5.41, 5.74) is 8.20. The summed E-state index contributed by atoms with van der Waals surface area (Å²) in [6, 6.07) is 6.45. The van der Waals surface area contributed by atoms with Crippen molar-refractivity contribution in [1.82, 2.24) is 5.32 Å². The Hall–Kier alpha value is -1.06. The molecule has 0 heterocycles. The molecule has 3 N–H and O–H groups in total. The minimum absolute atomic E-state index is 0.543. The van der Waals surface area contributed by atoms with Gasteiger partial charge in [0.1, 0.15) is 5.75 Å². The molecule has 1 aromatic carbocycles. The van der Waals surface area contributed by atoms with E-state index in [1.54, 1.807) is 7.11 Å². The second kappa shape index (κ2) is 8.18. The smallest absolute Gasteiger partial charge is 0.123 e. The van der Waals surface area contributed by atoms with Gasteiger partial charge in [-0.2, -0.15) is 0 Å². The van der Waals surface area contributed by atoms with Crippen LogP contribution in [0.3, 0.4) is 0 Å². The van der Waals surface area contributed by atoms with Crippen LogP contribution < -0.4 is 15.8 Å². The zero-order valence-corrected chi connectivity index (χ0v) is 12.7. The largest absolute Gasteiger partial charge is 0.496 e. The van der Waals surface area contributed by atoms with Crippen LogP contribution in [0, 0.1) is 5.92 Å². The molecule has 0 aliphatic heterocycles. The van der Waals surface area contributed by atoms with Crippen molar-refractivity contribution in [2.24, 2.45) is 11.7 Å². The minimum Gasteiger partial charge on any atom is -0.496 e. The summed E-state index contributed by atoms with van der Waals surface area (Å²) in [6.45, 7) is 9.20. The highest BCUT2D eigenvalue weighted by atomic mass is 16.5. The summed E-state index contributed by atoms with van der Waals surface area (Å²) < 4.78 is 5.42. The summed E-state index contributed by atoms with van der Waals surface area (Å²) in [7, 11) is 1.73. The van der Waals surface area contributed by atoms with Gasteiger partial charge in [-0.15, -0.1) is 0 Å². The first-order chi connectivity index (χ1) is 9.08. The van der Waals surface area contributed by atoms with Crippen molar-refractivity contribution >= 4 is 0 Å². The lowest BCUT2D eigenvalue weighted by molar-refractivity contribution is 0.406. The number of methoxy groups -OCH3 is 1. The van der Waals surface area contributed by atoms with Crippen molar-refractivity contribution in [3.8, 4) is 5.75 Å². The van der Waals surface area contributed by atoms with E-state index in [9.17, 15) is 0 Å². The third-order valence-electron chi connectivity index (χ3n) is 3.50. The average Bonchev–Trinajstić information content (AvgIpc) is 2.42. The molecule has 0 radical (unpaired) electrons. The highest BCUT2D eigenvalue weighted by molar-refractivity contribution is 5.38. The Bertz CT molecular complexity index is 377. The maximum atomic E-state index is 5.62. The third kappa shape index (κ3) is 5.21. The van der Waals surface area contributed by atoms with Gasteiger partial charge < -0.3 is 15.8 Å². The molecule has 0 saturated carbocycles. The van der Waals surface area contributed by atoms with E-state index in [2.05, 4.69) is 44.3 Å². The number of nitrogens with one attached hydrogen (secondary N) is 1. The normalized spacial score (nSPS) is 12.7. The average molecular weight is 264 g/mol. The highest BCUT2D eigenvalue weighted by Gasteiger charge is 2.07. The van der Waals surface area contributed by atoms with Crippen LogP contribution in [-0.4, -0.2) is 20.2 Å². The molecule has 3 nitrogen and oxygen atoms in total. The van der Waals surface area contributed by atoms with Crippen LogP contribution in [0.4, 0.5) is 0 Å². The fourth-order valence-corrected chi connectivity index (χ4v) is 1.99. The van der Waals surface area contributed by atoms with E-state index < -0.39 is 0 Å². The summed E-state index contributed by atoms with van der Waals surface area (Å²) in [5.74, 6) is 2.09. The topological polar surface area (TPSA) is 47.3 Å². The quantitative estimate of drug-likeness (QED) is 0.710.